The maximum atomic E-state index is 12.2. The van der Waals surface area contributed by atoms with Gasteiger partial charge in [-0.15, -0.1) is 0 Å². The molecule has 0 aromatic heterocycles. The Morgan fingerprint density at radius 3 is 2.57 bits per heavy atom. The van der Waals surface area contributed by atoms with Gasteiger partial charge in [-0.25, -0.2) is 4.79 Å². The Kier molecular flexibility index (Phi) is 7.14. The van der Waals surface area contributed by atoms with Crippen LogP contribution in [0.2, 0.25) is 5.02 Å². The molecule has 0 aliphatic carbocycles. The summed E-state index contributed by atoms with van der Waals surface area (Å²) in [7, 11) is 1.73. The molecule has 0 atom stereocenters. The molecule has 7 heteroatoms. The lowest BCUT2D eigenvalue weighted by atomic mass is 10.2. The number of halogens is 1. The zero-order valence-electron chi connectivity index (χ0n) is 16.0. The fourth-order valence-electron chi connectivity index (χ4n) is 3.11. The maximum absolute atomic E-state index is 12.2. The van der Waals surface area contributed by atoms with Crippen molar-refractivity contribution in [2.45, 2.75) is 25.9 Å². The molecule has 1 aliphatic rings. The molecule has 0 radical (unpaired) electrons. The number of carbonyl (C=O) groups excluding carboxylic acids is 1. The average molecular weight is 400 g/mol. The smallest absolute Gasteiger partial charge is 0.321 e. The van der Waals surface area contributed by atoms with Crippen molar-refractivity contribution in [3.63, 3.8) is 0 Å². The van der Waals surface area contributed by atoms with Crippen LogP contribution in [0, 0.1) is 0 Å². The van der Waals surface area contributed by atoms with Crippen molar-refractivity contribution in [3.05, 3.63) is 64.7 Å². The van der Waals surface area contributed by atoms with Gasteiger partial charge in [-0.2, -0.15) is 0 Å². The highest BCUT2D eigenvalue weighted by molar-refractivity contribution is 6.31. The minimum atomic E-state index is -0.0279. The number of aliphatic imine (C=N–C) groups is 1. The molecule has 0 saturated carbocycles. The van der Waals surface area contributed by atoms with Crippen LogP contribution in [-0.4, -0.2) is 37.0 Å². The lowest BCUT2D eigenvalue weighted by Crippen LogP contribution is -2.36. The Hall–Kier alpha value is -2.73. The van der Waals surface area contributed by atoms with Crippen molar-refractivity contribution >= 4 is 29.3 Å². The number of nitrogens with zero attached hydrogens (tertiary/aromatic N) is 2. The third kappa shape index (κ3) is 5.63. The first-order valence-electron chi connectivity index (χ1n) is 9.48. The van der Waals surface area contributed by atoms with Crippen molar-refractivity contribution in [1.29, 1.82) is 0 Å². The minimum absolute atomic E-state index is 0.0279. The molecule has 1 fully saturated rings. The molecule has 2 aromatic rings. The lowest BCUT2D eigenvalue weighted by Gasteiger charge is -2.17. The van der Waals surface area contributed by atoms with Gasteiger partial charge in [0.2, 0.25) is 0 Å². The van der Waals surface area contributed by atoms with Crippen LogP contribution in [0.25, 0.3) is 0 Å². The molecule has 2 amide bonds. The monoisotopic (exact) mass is 399 g/mol. The van der Waals surface area contributed by atoms with Gasteiger partial charge in [0, 0.05) is 43.9 Å². The van der Waals surface area contributed by atoms with Gasteiger partial charge in [-0.3, -0.25) is 4.99 Å². The molecule has 0 unspecified atom stereocenters. The van der Waals surface area contributed by atoms with Crippen LogP contribution in [-0.2, 0) is 13.1 Å². The van der Waals surface area contributed by atoms with Gasteiger partial charge in [-0.05, 0) is 42.2 Å². The van der Waals surface area contributed by atoms with E-state index in [0.717, 1.165) is 47.8 Å². The maximum Gasteiger partial charge on any atom is 0.321 e. The molecule has 1 aliphatic heterocycles. The van der Waals surface area contributed by atoms with E-state index in [-0.39, 0.29) is 6.03 Å². The normalized spacial score (nSPS) is 14.1. The molecule has 1 saturated heterocycles. The predicted molar refractivity (Wildman–Crippen MR) is 115 cm³/mol. The first-order chi connectivity index (χ1) is 13.7. The number of rotatable bonds is 5. The summed E-state index contributed by atoms with van der Waals surface area (Å²) in [4.78, 5) is 18.3. The fraction of sp³-hybridized carbons (Fsp3) is 0.333. The Morgan fingerprint density at radius 1 is 1.07 bits per heavy atom. The fourth-order valence-corrected chi connectivity index (χ4v) is 3.31. The van der Waals surface area contributed by atoms with Gasteiger partial charge in [-0.1, -0.05) is 41.9 Å². The summed E-state index contributed by atoms with van der Waals surface area (Å²) in [6, 6.07) is 15.5. The van der Waals surface area contributed by atoms with Crippen LogP contribution in [0.3, 0.4) is 0 Å². The van der Waals surface area contributed by atoms with E-state index >= 15 is 0 Å². The number of guanidine groups is 1. The van der Waals surface area contributed by atoms with E-state index in [1.54, 1.807) is 7.05 Å². The number of carbonyl (C=O) groups is 1. The molecule has 6 nitrogen and oxygen atoms in total. The zero-order chi connectivity index (χ0) is 19.8. The van der Waals surface area contributed by atoms with Crippen molar-refractivity contribution in [3.8, 4) is 0 Å². The number of likely N-dealkylation sites (tertiary alicyclic amines) is 1. The first kappa shape index (κ1) is 20.0. The summed E-state index contributed by atoms with van der Waals surface area (Å²) < 4.78 is 0. The number of urea groups is 1. The Labute approximate surface area is 171 Å². The number of hydrogen-bond acceptors (Lipinski definition) is 2. The second-order valence-electron chi connectivity index (χ2n) is 6.70. The van der Waals surface area contributed by atoms with Gasteiger partial charge in [0.15, 0.2) is 5.96 Å². The molecule has 0 bridgehead atoms. The molecule has 2 aromatic carbocycles. The molecular formula is C21H26ClN5O. The Morgan fingerprint density at radius 2 is 1.82 bits per heavy atom. The quantitative estimate of drug-likeness (QED) is 0.528. The van der Waals surface area contributed by atoms with E-state index in [2.05, 4.69) is 20.9 Å². The number of hydrogen-bond donors (Lipinski definition) is 3. The van der Waals surface area contributed by atoms with Crippen LogP contribution >= 0.6 is 11.6 Å². The second kappa shape index (κ2) is 9.99. The molecule has 0 spiro atoms. The number of benzene rings is 2. The largest absolute Gasteiger partial charge is 0.352 e. The van der Waals surface area contributed by atoms with E-state index in [1.165, 1.54) is 0 Å². The van der Waals surface area contributed by atoms with Gasteiger partial charge < -0.3 is 20.9 Å². The lowest BCUT2D eigenvalue weighted by molar-refractivity contribution is 0.222. The SMILES string of the molecule is CN=C(NCc1cccc(NC(=O)N2CCCC2)c1)NCc1ccccc1Cl. The summed E-state index contributed by atoms with van der Waals surface area (Å²) in [5, 5.41) is 10.2. The van der Waals surface area contributed by atoms with Crippen LogP contribution in [0.4, 0.5) is 10.5 Å². The highest BCUT2D eigenvalue weighted by Crippen LogP contribution is 2.15. The van der Waals surface area contributed by atoms with Crippen LogP contribution in [0.1, 0.15) is 24.0 Å². The van der Waals surface area contributed by atoms with Crippen LogP contribution in [0.15, 0.2) is 53.5 Å². The standard InChI is InChI=1S/C21H26ClN5O/c1-23-20(25-15-17-8-2-3-10-19(17)22)24-14-16-7-6-9-18(13-16)26-21(28)27-11-4-5-12-27/h2-3,6-10,13H,4-5,11-12,14-15H2,1H3,(H,26,28)(H2,23,24,25). The predicted octanol–water partition coefficient (Wildman–Crippen LogP) is 3.83. The van der Waals surface area contributed by atoms with E-state index in [0.29, 0.717) is 19.0 Å². The molecule has 3 rings (SSSR count). The first-order valence-corrected chi connectivity index (χ1v) is 9.86. The average Bonchev–Trinajstić information content (AvgIpc) is 3.25. The third-order valence-corrected chi connectivity index (χ3v) is 5.03. The molecule has 28 heavy (non-hydrogen) atoms. The highest BCUT2D eigenvalue weighted by atomic mass is 35.5. The van der Waals surface area contributed by atoms with Gasteiger partial charge in [0.1, 0.15) is 0 Å². The Balaban J connectivity index is 1.51. The summed E-state index contributed by atoms with van der Waals surface area (Å²) in [6.07, 6.45) is 2.16. The summed E-state index contributed by atoms with van der Waals surface area (Å²) >= 11 is 6.19. The van der Waals surface area contributed by atoms with E-state index in [4.69, 9.17) is 11.6 Å². The minimum Gasteiger partial charge on any atom is -0.352 e. The van der Waals surface area contributed by atoms with Crippen molar-refractivity contribution in [1.82, 2.24) is 15.5 Å². The molecule has 148 valence electrons. The van der Waals surface area contributed by atoms with Gasteiger partial charge in [0.05, 0.1) is 0 Å². The summed E-state index contributed by atoms with van der Waals surface area (Å²) in [5.74, 6) is 0.687. The van der Waals surface area contributed by atoms with E-state index < -0.39 is 0 Å². The second-order valence-corrected chi connectivity index (χ2v) is 7.10. The number of nitrogens with one attached hydrogen (secondary N) is 3. The highest BCUT2D eigenvalue weighted by Gasteiger charge is 2.17. The molecule has 3 N–H and O–H groups in total. The number of amides is 2. The van der Waals surface area contributed by atoms with Gasteiger partial charge in [0.25, 0.3) is 0 Å². The molecular weight excluding hydrogens is 374 g/mol. The Bertz CT molecular complexity index is 833. The topological polar surface area (TPSA) is 68.8 Å². The zero-order valence-corrected chi connectivity index (χ0v) is 16.8. The van der Waals surface area contributed by atoms with Crippen molar-refractivity contribution in [2.75, 3.05) is 25.5 Å². The summed E-state index contributed by atoms with van der Waals surface area (Å²) in [5.41, 5.74) is 2.87. The van der Waals surface area contributed by atoms with Gasteiger partial charge >= 0.3 is 6.03 Å². The van der Waals surface area contributed by atoms with E-state index in [9.17, 15) is 4.79 Å². The van der Waals surface area contributed by atoms with Crippen LogP contribution in [0.5, 0.6) is 0 Å². The van der Waals surface area contributed by atoms with Crippen LogP contribution < -0.4 is 16.0 Å². The van der Waals surface area contributed by atoms with Crippen molar-refractivity contribution < 1.29 is 4.79 Å². The van der Waals surface area contributed by atoms with Crippen molar-refractivity contribution in [2.24, 2.45) is 4.99 Å². The van der Waals surface area contributed by atoms with E-state index in [1.807, 2.05) is 53.4 Å². The third-order valence-electron chi connectivity index (χ3n) is 4.66. The number of anilines is 1. The molecule has 1 heterocycles. The summed E-state index contributed by atoms with van der Waals surface area (Å²) in [6.45, 7) is 2.85.